The number of thiazole rings is 1. The molecule has 2 N–H and O–H groups in total. The van der Waals surface area contributed by atoms with Crippen molar-refractivity contribution in [3.63, 3.8) is 0 Å². The molecule has 1 aliphatic rings. The number of halogens is 2. The van der Waals surface area contributed by atoms with Gasteiger partial charge >= 0.3 is 20.6 Å². The van der Waals surface area contributed by atoms with Crippen molar-refractivity contribution in [1.29, 1.82) is 0 Å². The van der Waals surface area contributed by atoms with E-state index in [0.717, 1.165) is 29.2 Å². The van der Waals surface area contributed by atoms with Gasteiger partial charge in [-0.15, -0.1) is 8.42 Å². The number of aromatic nitrogens is 1. The molecule has 0 unspecified atom stereocenters. The standard InChI is InChI=1S/C23H20F2N2O6S4.C6H15N/c1-3-4-16-17(25)8-10-20-23(16)27(37(31,32)33)22(35-20)12-6-14(2)5-11-21-26(36(28,29)30)18-13-15(24)7-9-19(18)34-21;1-4-7(5-2)6-3/h5-13H,3-4H2,1-2H3,(H-,28,29,30,31,32,33);4-6H2,1-3H3/p+1. The van der Waals surface area contributed by atoms with Gasteiger partial charge in [0.25, 0.3) is 10.5 Å². The molecule has 0 saturated heterocycles. The van der Waals surface area contributed by atoms with Gasteiger partial charge in [0.05, 0.1) is 16.3 Å². The summed E-state index contributed by atoms with van der Waals surface area (Å²) in [6, 6.07) is 6.28. The maximum Gasteiger partial charge on any atom is 0.513 e. The third-order valence-corrected chi connectivity index (χ3v) is 10.7. The smallest absolute Gasteiger partial charge is 0.304 e. The first-order valence-electron chi connectivity index (χ1n) is 13.8. The number of benzene rings is 2. The van der Waals surface area contributed by atoms with Crippen molar-refractivity contribution < 1.29 is 38.7 Å². The zero-order valence-corrected chi connectivity index (χ0v) is 28.3. The van der Waals surface area contributed by atoms with E-state index in [1.54, 1.807) is 6.92 Å². The second kappa shape index (κ2) is 15.1. The van der Waals surface area contributed by atoms with Gasteiger partial charge in [0.15, 0.2) is 0 Å². The van der Waals surface area contributed by atoms with Crippen LogP contribution in [0.2, 0.25) is 0 Å². The Hall–Kier alpha value is -2.66. The van der Waals surface area contributed by atoms with E-state index in [9.17, 15) is 34.7 Å². The minimum Gasteiger partial charge on any atom is -0.304 e. The van der Waals surface area contributed by atoms with Crippen molar-refractivity contribution in [3.8, 4) is 0 Å². The molecule has 1 aromatic heterocycles. The molecule has 44 heavy (non-hydrogen) atoms. The molecule has 1 aliphatic heterocycles. The van der Waals surface area contributed by atoms with Gasteiger partial charge in [-0.3, -0.25) is 4.55 Å². The molecule has 0 radical (unpaired) electrons. The van der Waals surface area contributed by atoms with E-state index in [4.69, 9.17) is 0 Å². The van der Waals surface area contributed by atoms with Crippen molar-refractivity contribution >= 4 is 65.7 Å². The summed E-state index contributed by atoms with van der Waals surface area (Å²) < 4.78 is 97.9. The third-order valence-electron chi connectivity index (χ3n) is 6.64. The summed E-state index contributed by atoms with van der Waals surface area (Å²) in [6.07, 6.45) is 6.74. The number of rotatable bonds is 10. The highest BCUT2D eigenvalue weighted by atomic mass is 32.2. The van der Waals surface area contributed by atoms with Crippen molar-refractivity contribution in [1.82, 2.24) is 4.90 Å². The van der Waals surface area contributed by atoms with Crippen LogP contribution in [-0.4, -0.2) is 50.5 Å². The topological polar surface area (TPSA) is 119 Å². The van der Waals surface area contributed by atoms with Crippen LogP contribution in [0.25, 0.3) is 16.3 Å². The number of aryl methyl sites for hydroxylation is 1. The number of allylic oxidation sites excluding steroid dienone is 4. The van der Waals surface area contributed by atoms with Gasteiger partial charge in [-0.2, -0.15) is 8.42 Å². The Morgan fingerprint density at radius 3 is 2.23 bits per heavy atom. The highest BCUT2D eigenvalue weighted by molar-refractivity contribution is 8.05. The van der Waals surface area contributed by atoms with Crippen molar-refractivity contribution in [2.24, 2.45) is 0 Å². The average Bonchev–Trinajstić information content (AvgIpc) is 3.52. The minimum atomic E-state index is -4.76. The Morgan fingerprint density at radius 2 is 1.68 bits per heavy atom. The fourth-order valence-corrected chi connectivity index (χ4v) is 8.69. The van der Waals surface area contributed by atoms with Crippen LogP contribution in [0.1, 0.15) is 51.6 Å². The van der Waals surface area contributed by atoms with Gasteiger partial charge < -0.3 is 4.90 Å². The van der Waals surface area contributed by atoms with Crippen molar-refractivity contribution in [2.75, 3.05) is 23.9 Å². The molecule has 0 fully saturated rings. The molecule has 0 atom stereocenters. The van der Waals surface area contributed by atoms with Crippen molar-refractivity contribution in [2.45, 2.75) is 52.4 Å². The van der Waals surface area contributed by atoms with Crippen LogP contribution in [0.3, 0.4) is 0 Å². The summed E-state index contributed by atoms with van der Waals surface area (Å²) in [6.45, 7) is 13.6. The second-order valence-corrected chi connectivity index (χ2v) is 14.3. The van der Waals surface area contributed by atoms with E-state index < -0.39 is 32.2 Å². The molecular weight excluding hydrogens is 653 g/mol. The molecule has 0 saturated carbocycles. The Bertz CT molecular complexity index is 1810. The van der Waals surface area contributed by atoms with Gasteiger partial charge in [0.1, 0.15) is 16.3 Å². The van der Waals surface area contributed by atoms with Crippen LogP contribution in [0.15, 0.2) is 64.1 Å². The quantitative estimate of drug-likeness (QED) is 0.138. The summed E-state index contributed by atoms with van der Waals surface area (Å²) in [7, 11) is -9.49. The molecule has 240 valence electrons. The molecule has 2 aromatic carbocycles. The predicted octanol–water partition coefficient (Wildman–Crippen LogP) is 6.63. The van der Waals surface area contributed by atoms with E-state index in [0.29, 0.717) is 29.9 Å². The van der Waals surface area contributed by atoms with Crippen molar-refractivity contribution in [3.05, 3.63) is 81.4 Å². The Morgan fingerprint density at radius 1 is 1.02 bits per heavy atom. The summed E-state index contributed by atoms with van der Waals surface area (Å²) in [4.78, 5) is 2.81. The SMILES string of the molecule is CCCc1c(F)ccc2sc(C=CC(C)=CC=C3Sc4ccc(F)cc4N3S(=O)(=O)O)[n+](S(=O)(=O)O)c12.CCN(CC)CC. The Kier molecular flexibility index (Phi) is 12.3. The van der Waals surface area contributed by atoms with Crippen LogP contribution >= 0.6 is 23.1 Å². The molecule has 15 heteroatoms. The molecule has 0 amide bonds. The fourth-order valence-electron chi connectivity index (χ4n) is 4.46. The number of anilines is 1. The van der Waals surface area contributed by atoms with E-state index in [1.165, 1.54) is 68.2 Å². The van der Waals surface area contributed by atoms with Gasteiger partial charge in [-0.25, -0.2) is 17.6 Å². The zero-order valence-electron chi connectivity index (χ0n) is 25.0. The number of hydrogen-bond acceptors (Lipinski definition) is 7. The van der Waals surface area contributed by atoms with Gasteiger partial charge in [0.2, 0.25) is 0 Å². The highest BCUT2D eigenvalue weighted by Gasteiger charge is 2.34. The van der Waals surface area contributed by atoms with Gasteiger partial charge in [-0.05, 0) is 73.4 Å². The largest absolute Gasteiger partial charge is 0.513 e. The second-order valence-electron chi connectivity index (χ2n) is 9.63. The summed E-state index contributed by atoms with van der Waals surface area (Å²) in [5.41, 5.74) is 0.791. The molecule has 0 spiro atoms. The first-order chi connectivity index (χ1) is 20.7. The Labute approximate surface area is 266 Å². The number of hydrogen-bond donors (Lipinski definition) is 2. The van der Waals surface area contributed by atoms with Crippen LogP contribution < -0.4 is 8.28 Å². The van der Waals surface area contributed by atoms with E-state index in [2.05, 4.69) is 25.7 Å². The zero-order chi connectivity index (χ0) is 32.8. The summed E-state index contributed by atoms with van der Waals surface area (Å²) >= 11 is 2.06. The first-order valence-corrected chi connectivity index (χ1v) is 18.3. The highest BCUT2D eigenvalue weighted by Crippen LogP contribution is 2.47. The third kappa shape index (κ3) is 8.53. The maximum absolute atomic E-state index is 14.5. The lowest BCUT2D eigenvalue weighted by atomic mass is 10.1. The first kappa shape index (κ1) is 35.8. The number of fused-ring (bicyclic) bond motifs is 2. The van der Waals surface area contributed by atoms with E-state index in [-0.39, 0.29) is 33.2 Å². The minimum absolute atomic E-state index is 0.0186. The number of nitrogens with zero attached hydrogens (tertiary/aromatic N) is 3. The van der Waals surface area contributed by atoms with E-state index in [1.807, 2.05) is 6.92 Å². The molecule has 4 rings (SSSR count). The van der Waals surface area contributed by atoms with Crippen LogP contribution in [0, 0.1) is 11.6 Å². The lowest BCUT2D eigenvalue weighted by Gasteiger charge is -2.15. The fraction of sp³-hybridized carbons (Fsp3) is 0.345. The molecule has 2 heterocycles. The molecule has 0 bridgehead atoms. The van der Waals surface area contributed by atoms with Crippen LogP contribution in [0.5, 0.6) is 0 Å². The summed E-state index contributed by atoms with van der Waals surface area (Å²) in [5, 5.41) is 0.226. The molecule has 3 aromatic rings. The molecule has 9 nitrogen and oxygen atoms in total. The van der Waals surface area contributed by atoms with E-state index >= 15 is 0 Å². The molecule has 0 aliphatic carbocycles. The Balaban J connectivity index is 0.000000676. The van der Waals surface area contributed by atoms with Gasteiger partial charge in [0, 0.05) is 11.0 Å². The number of thioether (sulfide) groups is 1. The lowest BCUT2D eigenvalue weighted by Crippen LogP contribution is -2.44. The maximum atomic E-state index is 14.5. The average molecular weight is 689 g/mol. The van der Waals surface area contributed by atoms with Crippen LogP contribution in [-0.2, 0) is 27.0 Å². The predicted molar refractivity (Wildman–Crippen MR) is 174 cm³/mol. The normalized spacial score (nSPS) is 15.0. The monoisotopic (exact) mass is 688 g/mol. The van der Waals surface area contributed by atoms with Gasteiger partial charge in [-0.1, -0.05) is 74.9 Å². The molecular formula is C29H36F2N3O6S4+. The van der Waals surface area contributed by atoms with Crippen LogP contribution in [0.4, 0.5) is 14.5 Å². The lowest BCUT2D eigenvalue weighted by molar-refractivity contribution is -0.486. The summed E-state index contributed by atoms with van der Waals surface area (Å²) in [5.74, 6) is -1.23.